The number of nitrogens with one attached hydrogen (secondary N) is 1. The van der Waals surface area contributed by atoms with Crippen molar-refractivity contribution in [3.8, 4) is 0 Å². The van der Waals surface area contributed by atoms with Gasteiger partial charge in [0.05, 0.1) is 17.7 Å². The van der Waals surface area contributed by atoms with Crippen LogP contribution in [-0.2, 0) is 17.1 Å². The number of hydrogen-bond donors (Lipinski definition) is 1. The standard InChI is InChI=1S/C11H13ClN4O2S/c1-7-4-5-9(8(2)14-7)15-19(17,18)11-10(12)16(3)6-13-11/h4-6,15H,1-3H3. The van der Waals surface area contributed by atoms with Gasteiger partial charge in [-0.2, -0.15) is 8.42 Å². The SMILES string of the molecule is Cc1ccc(NS(=O)(=O)c2ncn(C)c2Cl)c(C)n1. The average Bonchev–Trinajstić information content (AvgIpc) is 2.64. The molecular weight excluding hydrogens is 288 g/mol. The highest BCUT2D eigenvalue weighted by Gasteiger charge is 2.23. The van der Waals surface area contributed by atoms with Crippen molar-refractivity contribution in [2.45, 2.75) is 18.9 Å². The maximum atomic E-state index is 12.2. The van der Waals surface area contributed by atoms with Crippen LogP contribution < -0.4 is 4.72 Å². The first-order chi connectivity index (χ1) is 8.81. The number of nitrogens with zero attached hydrogens (tertiary/aromatic N) is 3. The van der Waals surface area contributed by atoms with E-state index < -0.39 is 10.0 Å². The first-order valence-corrected chi connectivity index (χ1v) is 7.31. The molecule has 19 heavy (non-hydrogen) atoms. The molecule has 6 nitrogen and oxygen atoms in total. The molecule has 0 aromatic carbocycles. The number of halogens is 1. The molecule has 0 aliphatic carbocycles. The molecule has 0 saturated carbocycles. The highest BCUT2D eigenvalue weighted by atomic mass is 35.5. The molecule has 0 radical (unpaired) electrons. The summed E-state index contributed by atoms with van der Waals surface area (Å²) in [5.74, 6) is 0. The highest BCUT2D eigenvalue weighted by molar-refractivity contribution is 7.92. The molecule has 8 heteroatoms. The Bertz CT molecular complexity index is 724. The van der Waals surface area contributed by atoms with Crippen molar-refractivity contribution in [3.63, 3.8) is 0 Å². The number of imidazole rings is 1. The summed E-state index contributed by atoms with van der Waals surface area (Å²) in [6.07, 6.45) is 1.34. The van der Waals surface area contributed by atoms with Gasteiger partial charge in [0.2, 0.25) is 5.03 Å². The fourth-order valence-corrected chi connectivity index (χ4v) is 3.11. The van der Waals surface area contributed by atoms with Gasteiger partial charge in [0.15, 0.2) is 0 Å². The summed E-state index contributed by atoms with van der Waals surface area (Å²) in [7, 11) is -2.19. The highest BCUT2D eigenvalue weighted by Crippen LogP contribution is 2.22. The van der Waals surface area contributed by atoms with Crippen molar-refractivity contribution in [2.24, 2.45) is 7.05 Å². The predicted molar refractivity (Wildman–Crippen MR) is 72.7 cm³/mol. The van der Waals surface area contributed by atoms with E-state index >= 15 is 0 Å². The van der Waals surface area contributed by atoms with Crippen molar-refractivity contribution in [3.05, 3.63) is 35.0 Å². The summed E-state index contributed by atoms with van der Waals surface area (Å²) in [5, 5.41) is -0.137. The van der Waals surface area contributed by atoms with Gasteiger partial charge in [0.1, 0.15) is 5.15 Å². The van der Waals surface area contributed by atoms with E-state index in [9.17, 15) is 8.42 Å². The van der Waals surface area contributed by atoms with E-state index in [0.717, 1.165) is 5.69 Å². The minimum absolute atomic E-state index is 0.0604. The third-order valence-corrected chi connectivity index (χ3v) is 4.41. The van der Waals surface area contributed by atoms with Gasteiger partial charge < -0.3 is 4.57 Å². The lowest BCUT2D eigenvalue weighted by atomic mass is 10.3. The molecule has 102 valence electrons. The molecule has 0 unspecified atom stereocenters. The van der Waals surface area contributed by atoms with Gasteiger partial charge in [-0.05, 0) is 26.0 Å². The van der Waals surface area contributed by atoms with Crippen LogP contribution in [0.25, 0.3) is 0 Å². The smallest absolute Gasteiger partial charge is 0.282 e. The molecule has 0 spiro atoms. The Morgan fingerprint density at radius 1 is 1.32 bits per heavy atom. The molecule has 0 bridgehead atoms. The first kappa shape index (κ1) is 13.8. The van der Waals surface area contributed by atoms with Gasteiger partial charge in [-0.25, -0.2) is 4.98 Å². The van der Waals surface area contributed by atoms with Gasteiger partial charge >= 0.3 is 0 Å². The Morgan fingerprint density at radius 2 is 2.00 bits per heavy atom. The van der Waals surface area contributed by atoms with E-state index in [0.29, 0.717) is 11.4 Å². The number of pyridine rings is 1. The number of anilines is 1. The Hall–Kier alpha value is -1.60. The van der Waals surface area contributed by atoms with Crippen LogP contribution in [0.4, 0.5) is 5.69 Å². The number of hydrogen-bond acceptors (Lipinski definition) is 4. The maximum absolute atomic E-state index is 12.2. The number of rotatable bonds is 3. The van der Waals surface area contributed by atoms with Crippen molar-refractivity contribution in [1.82, 2.24) is 14.5 Å². The maximum Gasteiger partial charge on any atom is 0.282 e. The zero-order valence-electron chi connectivity index (χ0n) is 10.7. The Labute approximate surface area is 116 Å². The lowest BCUT2D eigenvalue weighted by Gasteiger charge is -2.09. The second kappa shape index (κ2) is 4.82. The molecule has 2 aromatic rings. The number of sulfonamides is 1. The third kappa shape index (κ3) is 2.71. The van der Waals surface area contributed by atoms with Crippen molar-refractivity contribution >= 4 is 27.3 Å². The van der Waals surface area contributed by atoms with Crippen LogP contribution >= 0.6 is 11.6 Å². The Balaban J connectivity index is 2.39. The quantitative estimate of drug-likeness (QED) is 0.939. The van der Waals surface area contributed by atoms with E-state index in [1.54, 1.807) is 26.1 Å². The molecule has 0 fully saturated rings. The van der Waals surface area contributed by atoms with Crippen LogP contribution in [0.2, 0.25) is 5.15 Å². The van der Waals surface area contributed by atoms with Crippen LogP contribution in [0.1, 0.15) is 11.4 Å². The largest absolute Gasteiger partial charge is 0.324 e. The van der Waals surface area contributed by atoms with E-state index in [1.165, 1.54) is 10.9 Å². The average molecular weight is 301 g/mol. The third-order valence-electron chi connectivity index (χ3n) is 2.56. The van der Waals surface area contributed by atoms with E-state index in [1.807, 2.05) is 6.92 Å². The predicted octanol–water partition coefficient (Wildman–Crippen LogP) is 1.89. The lowest BCUT2D eigenvalue weighted by molar-refractivity contribution is 0.598. The van der Waals surface area contributed by atoms with Crippen molar-refractivity contribution in [2.75, 3.05) is 4.72 Å². The summed E-state index contributed by atoms with van der Waals surface area (Å²) >= 11 is 5.89. The lowest BCUT2D eigenvalue weighted by Crippen LogP contribution is -2.15. The van der Waals surface area contributed by atoms with Gasteiger partial charge in [0.25, 0.3) is 10.0 Å². The second-order valence-corrected chi connectivity index (χ2v) is 6.10. The van der Waals surface area contributed by atoms with Crippen LogP contribution in [0.5, 0.6) is 0 Å². The summed E-state index contributed by atoms with van der Waals surface area (Å²) in [5.41, 5.74) is 1.82. The molecule has 0 atom stereocenters. The van der Waals surface area contributed by atoms with Gasteiger partial charge in [-0.1, -0.05) is 11.6 Å². The minimum Gasteiger partial charge on any atom is -0.324 e. The van der Waals surface area contributed by atoms with Gasteiger partial charge in [0, 0.05) is 12.7 Å². The molecule has 0 aliphatic heterocycles. The molecule has 0 saturated heterocycles. The summed E-state index contributed by atoms with van der Waals surface area (Å²) in [6, 6.07) is 3.39. The first-order valence-electron chi connectivity index (χ1n) is 5.45. The molecule has 1 N–H and O–H groups in total. The Morgan fingerprint density at radius 3 is 2.53 bits per heavy atom. The molecule has 0 amide bonds. The molecule has 0 aliphatic rings. The zero-order chi connectivity index (χ0) is 14.2. The van der Waals surface area contributed by atoms with Crippen LogP contribution in [0.15, 0.2) is 23.5 Å². The summed E-state index contributed by atoms with van der Waals surface area (Å²) < 4.78 is 28.2. The minimum atomic E-state index is -3.81. The van der Waals surface area contributed by atoms with E-state index in [4.69, 9.17) is 11.6 Å². The van der Waals surface area contributed by atoms with Gasteiger partial charge in [-0.3, -0.25) is 9.71 Å². The monoisotopic (exact) mass is 300 g/mol. The van der Waals surface area contributed by atoms with E-state index in [2.05, 4.69) is 14.7 Å². The van der Waals surface area contributed by atoms with Gasteiger partial charge in [-0.15, -0.1) is 0 Å². The topological polar surface area (TPSA) is 76.9 Å². The molecular formula is C11H13ClN4O2S. The van der Waals surface area contributed by atoms with Crippen LogP contribution in [0.3, 0.4) is 0 Å². The number of aryl methyl sites for hydroxylation is 3. The summed E-state index contributed by atoms with van der Waals surface area (Å²) in [6.45, 7) is 3.56. The fraction of sp³-hybridized carbons (Fsp3) is 0.273. The molecule has 2 heterocycles. The normalized spacial score (nSPS) is 11.6. The number of aromatic nitrogens is 3. The fourth-order valence-electron chi connectivity index (χ4n) is 1.56. The second-order valence-electron chi connectivity index (χ2n) is 4.14. The van der Waals surface area contributed by atoms with E-state index in [-0.39, 0.29) is 10.2 Å². The molecule has 2 rings (SSSR count). The summed E-state index contributed by atoms with van der Waals surface area (Å²) in [4.78, 5) is 7.98. The Kier molecular flexibility index (Phi) is 3.51. The van der Waals surface area contributed by atoms with Crippen molar-refractivity contribution < 1.29 is 8.42 Å². The zero-order valence-corrected chi connectivity index (χ0v) is 12.2. The van der Waals surface area contributed by atoms with Crippen LogP contribution in [0, 0.1) is 13.8 Å². The van der Waals surface area contributed by atoms with Crippen molar-refractivity contribution in [1.29, 1.82) is 0 Å². The van der Waals surface area contributed by atoms with Crippen LogP contribution in [-0.4, -0.2) is 23.0 Å². The molecule has 2 aromatic heterocycles.